The van der Waals surface area contributed by atoms with Crippen LogP contribution in [-0.4, -0.2) is 45.6 Å². The summed E-state index contributed by atoms with van der Waals surface area (Å²) in [7, 11) is 5.50. The van der Waals surface area contributed by atoms with Crippen molar-refractivity contribution < 1.29 is 9.53 Å². The highest BCUT2D eigenvalue weighted by molar-refractivity contribution is 8.77. The molecule has 1 aromatic heterocycles. The number of carbonyl (C=O) groups is 1. The standard InChI is InChI=1S/C18H24N4O3S2/c1-25-10-9-22-18(24)15-12-13(6-7-16(15)20-21-22)19-17(23)5-3-2-4-14-8-11-26-27-14/h6-7,12,14H,2-5,8-11H2,1H3,(H,19,23)/t14-/m0/s1. The minimum Gasteiger partial charge on any atom is -0.383 e. The number of hydrogen-bond donors (Lipinski definition) is 1. The first-order chi connectivity index (χ1) is 13.2. The molecule has 1 N–H and O–H groups in total. The Morgan fingerprint density at radius 2 is 2.30 bits per heavy atom. The third kappa shape index (κ3) is 5.70. The van der Waals surface area contributed by atoms with E-state index in [1.54, 1.807) is 25.3 Å². The van der Waals surface area contributed by atoms with Crippen LogP contribution in [0.5, 0.6) is 0 Å². The van der Waals surface area contributed by atoms with Gasteiger partial charge in [0.05, 0.1) is 18.5 Å². The monoisotopic (exact) mass is 408 g/mol. The van der Waals surface area contributed by atoms with E-state index >= 15 is 0 Å². The van der Waals surface area contributed by atoms with Crippen LogP contribution in [0.4, 0.5) is 5.69 Å². The van der Waals surface area contributed by atoms with E-state index in [0.717, 1.165) is 18.1 Å². The Bertz CT molecular complexity index is 837. The number of rotatable bonds is 9. The molecular weight excluding hydrogens is 384 g/mol. The average molecular weight is 409 g/mol. The number of nitrogens with one attached hydrogen (secondary N) is 1. The van der Waals surface area contributed by atoms with Crippen LogP contribution in [0.2, 0.25) is 0 Å². The number of aromatic nitrogens is 3. The van der Waals surface area contributed by atoms with Crippen LogP contribution >= 0.6 is 21.6 Å². The summed E-state index contributed by atoms with van der Waals surface area (Å²) in [5.74, 6) is 1.22. The second-order valence-electron chi connectivity index (χ2n) is 6.47. The van der Waals surface area contributed by atoms with Crippen LogP contribution in [-0.2, 0) is 16.1 Å². The number of hydrogen-bond acceptors (Lipinski definition) is 7. The van der Waals surface area contributed by atoms with Crippen LogP contribution in [0.3, 0.4) is 0 Å². The summed E-state index contributed by atoms with van der Waals surface area (Å²) in [5, 5.41) is 12.0. The molecule has 0 saturated carbocycles. The first-order valence-electron chi connectivity index (χ1n) is 9.12. The predicted octanol–water partition coefficient (Wildman–Crippen LogP) is 3.09. The molecule has 1 saturated heterocycles. The maximum atomic E-state index is 12.5. The lowest BCUT2D eigenvalue weighted by atomic mass is 10.1. The van der Waals surface area contributed by atoms with Crippen molar-refractivity contribution in [1.29, 1.82) is 0 Å². The van der Waals surface area contributed by atoms with Gasteiger partial charge < -0.3 is 10.1 Å². The lowest BCUT2D eigenvalue weighted by Crippen LogP contribution is -2.26. The zero-order valence-electron chi connectivity index (χ0n) is 15.3. The highest BCUT2D eigenvalue weighted by Gasteiger charge is 2.16. The second-order valence-corrected chi connectivity index (χ2v) is 9.25. The lowest BCUT2D eigenvalue weighted by Gasteiger charge is -2.09. The van der Waals surface area contributed by atoms with Crippen molar-refractivity contribution >= 4 is 44.1 Å². The molecule has 0 radical (unpaired) electrons. The number of fused-ring (bicyclic) bond motifs is 1. The minimum atomic E-state index is -0.236. The number of carbonyl (C=O) groups excluding carboxylic acids is 1. The second kappa shape index (κ2) is 10.1. The first kappa shape index (κ1) is 20.2. The summed E-state index contributed by atoms with van der Waals surface area (Å²) in [6.45, 7) is 0.723. The summed E-state index contributed by atoms with van der Waals surface area (Å²) in [5.41, 5.74) is 0.886. The molecule has 1 aliphatic heterocycles. The summed E-state index contributed by atoms with van der Waals surface area (Å²) >= 11 is 0. The molecule has 1 fully saturated rings. The number of anilines is 1. The predicted molar refractivity (Wildman–Crippen MR) is 111 cm³/mol. The van der Waals surface area contributed by atoms with E-state index in [1.165, 1.54) is 23.3 Å². The molecule has 2 aromatic rings. The molecule has 9 heteroatoms. The average Bonchev–Trinajstić information content (AvgIpc) is 3.19. The summed E-state index contributed by atoms with van der Waals surface area (Å²) in [6.07, 6.45) is 4.92. The van der Waals surface area contributed by atoms with Gasteiger partial charge in [-0.15, -0.1) is 5.10 Å². The maximum Gasteiger partial charge on any atom is 0.277 e. The van der Waals surface area contributed by atoms with Crippen molar-refractivity contribution in [1.82, 2.24) is 15.0 Å². The van der Waals surface area contributed by atoms with Crippen LogP contribution in [0.25, 0.3) is 10.9 Å². The van der Waals surface area contributed by atoms with E-state index in [0.29, 0.717) is 36.2 Å². The van der Waals surface area contributed by atoms with Gasteiger partial charge in [-0.1, -0.05) is 33.2 Å². The normalized spacial score (nSPS) is 16.7. The van der Waals surface area contributed by atoms with Gasteiger partial charge in [-0.05, 0) is 37.5 Å². The topological polar surface area (TPSA) is 86.1 Å². The van der Waals surface area contributed by atoms with Crippen molar-refractivity contribution in [2.45, 2.75) is 43.9 Å². The Balaban J connectivity index is 1.56. The molecular formula is C18H24N4O3S2. The molecule has 0 aliphatic carbocycles. The van der Waals surface area contributed by atoms with Gasteiger partial charge in [-0.2, -0.15) is 0 Å². The van der Waals surface area contributed by atoms with Gasteiger partial charge in [0.2, 0.25) is 5.91 Å². The first-order valence-corrected chi connectivity index (χ1v) is 11.5. The van der Waals surface area contributed by atoms with E-state index in [9.17, 15) is 9.59 Å². The van der Waals surface area contributed by atoms with E-state index < -0.39 is 0 Å². The lowest BCUT2D eigenvalue weighted by molar-refractivity contribution is -0.116. The van der Waals surface area contributed by atoms with Crippen LogP contribution in [0.1, 0.15) is 32.1 Å². The van der Waals surface area contributed by atoms with E-state index in [2.05, 4.69) is 15.6 Å². The highest BCUT2D eigenvalue weighted by atomic mass is 33.1. The van der Waals surface area contributed by atoms with Gasteiger partial charge in [0.1, 0.15) is 5.52 Å². The number of benzene rings is 1. The number of nitrogens with zero attached hydrogens (tertiary/aromatic N) is 3. The Kier molecular flexibility index (Phi) is 7.54. The molecule has 27 heavy (non-hydrogen) atoms. The largest absolute Gasteiger partial charge is 0.383 e. The number of unbranched alkanes of at least 4 members (excludes halogenated alkanes) is 1. The molecule has 2 heterocycles. The molecule has 0 spiro atoms. The zero-order chi connectivity index (χ0) is 19.1. The fourth-order valence-corrected chi connectivity index (χ4v) is 5.95. The number of methoxy groups -OCH3 is 1. The summed E-state index contributed by atoms with van der Waals surface area (Å²) in [4.78, 5) is 24.7. The van der Waals surface area contributed by atoms with Gasteiger partial charge >= 0.3 is 0 Å². The minimum absolute atomic E-state index is 0.0236. The van der Waals surface area contributed by atoms with Crippen molar-refractivity contribution in [3.63, 3.8) is 0 Å². The zero-order valence-corrected chi connectivity index (χ0v) is 17.0. The van der Waals surface area contributed by atoms with E-state index in [-0.39, 0.29) is 11.5 Å². The highest BCUT2D eigenvalue weighted by Crippen LogP contribution is 2.39. The Morgan fingerprint density at radius 1 is 1.41 bits per heavy atom. The molecule has 1 atom stereocenters. The molecule has 7 nitrogen and oxygen atoms in total. The number of amides is 1. The van der Waals surface area contributed by atoms with Crippen LogP contribution in [0, 0.1) is 0 Å². The van der Waals surface area contributed by atoms with Gasteiger partial charge in [-0.3, -0.25) is 9.59 Å². The van der Waals surface area contributed by atoms with Crippen molar-refractivity contribution in [2.24, 2.45) is 0 Å². The number of ether oxygens (including phenoxy) is 1. The SMILES string of the molecule is COCCn1nnc2ccc(NC(=O)CCCC[C@H]3CCSS3)cc2c1=O. The molecule has 3 rings (SSSR count). The fourth-order valence-electron chi connectivity index (χ4n) is 2.92. The molecule has 1 aromatic carbocycles. The summed E-state index contributed by atoms with van der Waals surface area (Å²) in [6, 6.07) is 5.12. The van der Waals surface area contributed by atoms with Crippen molar-refractivity contribution in [2.75, 3.05) is 24.8 Å². The van der Waals surface area contributed by atoms with Gasteiger partial charge in [0.15, 0.2) is 0 Å². The molecule has 1 amide bonds. The van der Waals surface area contributed by atoms with Crippen molar-refractivity contribution in [3.8, 4) is 0 Å². The van der Waals surface area contributed by atoms with Crippen LogP contribution in [0.15, 0.2) is 23.0 Å². The van der Waals surface area contributed by atoms with E-state index in [1.807, 2.05) is 21.6 Å². The molecule has 146 valence electrons. The molecule has 0 bridgehead atoms. The summed E-state index contributed by atoms with van der Waals surface area (Å²) < 4.78 is 6.26. The third-order valence-electron chi connectivity index (χ3n) is 4.42. The maximum absolute atomic E-state index is 12.5. The smallest absolute Gasteiger partial charge is 0.277 e. The Morgan fingerprint density at radius 3 is 3.07 bits per heavy atom. The van der Waals surface area contributed by atoms with Gasteiger partial charge in [-0.25, -0.2) is 4.68 Å². The molecule has 1 aliphatic rings. The molecule has 0 unspecified atom stereocenters. The fraction of sp³-hybridized carbons (Fsp3) is 0.556. The van der Waals surface area contributed by atoms with E-state index in [4.69, 9.17) is 4.74 Å². The Hall–Kier alpha value is -1.58. The quantitative estimate of drug-likeness (QED) is 0.504. The third-order valence-corrected chi connectivity index (χ3v) is 7.43. The van der Waals surface area contributed by atoms with Crippen LogP contribution < -0.4 is 10.9 Å². The van der Waals surface area contributed by atoms with Crippen molar-refractivity contribution in [3.05, 3.63) is 28.6 Å². The van der Waals surface area contributed by atoms with Gasteiger partial charge in [0, 0.05) is 30.2 Å². The Labute approximate surface area is 166 Å². The van der Waals surface area contributed by atoms with Gasteiger partial charge in [0.25, 0.3) is 5.56 Å².